The van der Waals surface area contributed by atoms with Crippen LogP contribution in [0.1, 0.15) is 101 Å². The molecule has 4 aliphatic rings. The summed E-state index contributed by atoms with van der Waals surface area (Å²) < 4.78 is 0. The number of para-hydroxylation sites is 1. The lowest BCUT2D eigenvalue weighted by Crippen LogP contribution is -2.55. The fourth-order valence-corrected chi connectivity index (χ4v) is 8.45. The molecule has 1 saturated heterocycles. The van der Waals surface area contributed by atoms with Crippen molar-refractivity contribution in [3.05, 3.63) is 65.2 Å². The fraction of sp³-hybridized carbons (Fsp3) is 0.613. The number of fused-ring (bicyclic) bond motifs is 3. The first-order chi connectivity index (χ1) is 16.1. The summed E-state index contributed by atoms with van der Waals surface area (Å²) in [6.45, 7) is 7.49. The van der Waals surface area contributed by atoms with Crippen LogP contribution in [0.2, 0.25) is 0 Å². The topological polar surface area (TPSA) is 6.48 Å². The van der Waals surface area contributed by atoms with E-state index >= 15 is 0 Å². The number of nitrogens with zero attached hydrogens (tertiary/aromatic N) is 2. The predicted octanol–water partition coefficient (Wildman–Crippen LogP) is 7.96. The molecule has 3 fully saturated rings. The summed E-state index contributed by atoms with van der Waals surface area (Å²) in [5.74, 6) is 1.54. The highest BCUT2D eigenvalue weighted by Crippen LogP contribution is 2.61. The highest BCUT2D eigenvalue weighted by Gasteiger charge is 2.62. The number of aryl methyl sites for hydroxylation is 1. The van der Waals surface area contributed by atoms with Crippen LogP contribution < -0.4 is 4.90 Å². The Morgan fingerprint density at radius 1 is 0.788 bits per heavy atom. The third kappa shape index (κ3) is 3.23. The molecule has 0 aromatic heterocycles. The van der Waals surface area contributed by atoms with Crippen LogP contribution >= 0.6 is 0 Å². The molecule has 33 heavy (non-hydrogen) atoms. The minimum absolute atomic E-state index is 0.148. The molecule has 0 radical (unpaired) electrons. The van der Waals surface area contributed by atoms with Crippen LogP contribution in [0, 0.1) is 18.8 Å². The second kappa shape index (κ2) is 8.45. The molecule has 0 amide bonds. The van der Waals surface area contributed by atoms with Crippen LogP contribution in [0.25, 0.3) is 0 Å². The van der Waals surface area contributed by atoms with Crippen molar-refractivity contribution in [2.75, 3.05) is 4.90 Å². The van der Waals surface area contributed by atoms with Gasteiger partial charge in [-0.15, -0.1) is 0 Å². The molecule has 4 atom stereocenters. The van der Waals surface area contributed by atoms with E-state index in [-0.39, 0.29) is 5.54 Å². The van der Waals surface area contributed by atoms with Gasteiger partial charge in [-0.1, -0.05) is 81.0 Å². The van der Waals surface area contributed by atoms with E-state index in [1.54, 1.807) is 11.1 Å². The zero-order valence-electron chi connectivity index (χ0n) is 21.0. The monoisotopic (exact) mass is 442 g/mol. The van der Waals surface area contributed by atoms with Crippen molar-refractivity contribution in [2.45, 2.75) is 109 Å². The first kappa shape index (κ1) is 21.7. The highest BCUT2D eigenvalue weighted by molar-refractivity contribution is 5.59. The Hall–Kier alpha value is -1.80. The average molecular weight is 443 g/mol. The molecule has 2 aromatic rings. The standard InChI is InChI=1S/C31H42N2/c1-22-14-10-13-21-28(22)32-23(2)29-26-19-11-12-20-27(26)31(3,25-17-8-5-9-18-25)33(29)30(32)24-15-6-4-7-16-24/h10-14,19-21,23-25,29-30H,4-9,15-18H2,1-3H3/t23-,29?,30?,31?/m0/s1. The SMILES string of the molecule is Cc1ccccc1N1C(C2CCCCC2)N2C(c3ccccc3C2(C)C2CCCCC2)[C@@H]1C. The van der Waals surface area contributed by atoms with Crippen molar-refractivity contribution in [3.8, 4) is 0 Å². The molecule has 176 valence electrons. The number of benzene rings is 2. The summed E-state index contributed by atoms with van der Waals surface area (Å²) in [7, 11) is 0. The maximum absolute atomic E-state index is 3.08. The largest absolute Gasteiger partial charge is 0.351 e. The van der Waals surface area contributed by atoms with E-state index in [4.69, 9.17) is 0 Å². The zero-order valence-corrected chi connectivity index (χ0v) is 21.0. The van der Waals surface area contributed by atoms with Gasteiger partial charge < -0.3 is 4.90 Å². The van der Waals surface area contributed by atoms with Gasteiger partial charge in [-0.2, -0.15) is 0 Å². The summed E-state index contributed by atoms with van der Waals surface area (Å²) in [5.41, 5.74) is 6.32. The van der Waals surface area contributed by atoms with Gasteiger partial charge in [-0.05, 0) is 81.0 Å². The summed E-state index contributed by atoms with van der Waals surface area (Å²) >= 11 is 0. The van der Waals surface area contributed by atoms with E-state index in [1.165, 1.54) is 75.5 Å². The van der Waals surface area contributed by atoms with E-state index in [2.05, 4.69) is 79.1 Å². The first-order valence-electron chi connectivity index (χ1n) is 13.8. The molecule has 0 spiro atoms. The van der Waals surface area contributed by atoms with E-state index < -0.39 is 0 Å². The minimum atomic E-state index is 0.148. The van der Waals surface area contributed by atoms with Gasteiger partial charge in [-0.25, -0.2) is 0 Å². The van der Waals surface area contributed by atoms with Crippen LogP contribution in [0.4, 0.5) is 5.69 Å². The number of rotatable bonds is 3. The Bertz CT molecular complexity index is 986. The zero-order chi connectivity index (χ0) is 22.6. The van der Waals surface area contributed by atoms with Crippen LogP contribution in [-0.4, -0.2) is 17.1 Å². The molecule has 2 aliphatic heterocycles. The number of anilines is 1. The first-order valence-corrected chi connectivity index (χ1v) is 13.8. The third-order valence-corrected chi connectivity index (χ3v) is 9.99. The van der Waals surface area contributed by atoms with E-state index in [1.807, 2.05) is 0 Å². The normalized spacial score (nSPS) is 33.3. The van der Waals surface area contributed by atoms with E-state index in [9.17, 15) is 0 Å². The van der Waals surface area contributed by atoms with Crippen LogP contribution in [0.15, 0.2) is 48.5 Å². The maximum Gasteiger partial charge on any atom is 0.0866 e. The Kier molecular flexibility index (Phi) is 5.56. The lowest BCUT2D eigenvalue weighted by atomic mass is 9.71. The molecule has 2 aliphatic carbocycles. The molecule has 2 aromatic carbocycles. The molecule has 2 heteroatoms. The lowest BCUT2D eigenvalue weighted by molar-refractivity contribution is -0.0177. The van der Waals surface area contributed by atoms with E-state index in [0.717, 1.165) is 11.8 Å². The summed E-state index contributed by atoms with van der Waals surface area (Å²) in [6.07, 6.45) is 14.5. The van der Waals surface area contributed by atoms with Gasteiger partial charge in [0.05, 0.1) is 12.2 Å². The molecule has 2 heterocycles. The van der Waals surface area contributed by atoms with Crippen molar-refractivity contribution in [1.82, 2.24) is 4.90 Å². The molecule has 2 nitrogen and oxygen atoms in total. The second-order valence-corrected chi connectivity index (χ2v) is 11.7. The average Bonchev–Trinajstić information content (AvgIpc) is 3.32. The lowest BCUT2D eigenvalue weighted by Gasteiger charge is -2.50. The molecular weight excluding hydrogens is 400 g/mol. The Labute approximate surface area is 201 Å². The second-order valence-electron chi connectivity index (χ2n) is 11.7. The van der Waals surface area contributed by atoms with Crippen molar-refractivity contribution in [2.24, 2.45) is 11.8 Å². The van der Waals surface area contributed by atoms with Gasteiger partial charge in [0.1, 0.15) is 0 Å². The van der Waals surface area contributed by atoms with Crippen molar-refractivity contribution in [3.63, 3.8) is 0 Å². The predicted molar refractivity (Wildman–Crippen MR) is 138 cm³/mol. The summed E-state index contributed by atoms with van der Waals surface area (Å²) in [5, 5.41) is 0. The molecule has 6 rings (SSSR count). The van der Waals surface area contributed by atoms with Gasteiger partial charge in [0.25, 0.3) is 0 Å². The Morgan fingerprint density at radius 3 is 2.15 bits per heavy atom. The number of hydrogen-bond donors (Lipinski definition) is 0. The molecule has 2 saturated carbocycles. The molecule has 0 N–H and O–H groups in total. The minimum Gasteiger partial charge on any atom is -0.351 e. The smallest absolute Gasteiger partial charge is 0.0866 e. The molecule has 0 bridgehead atoms. The van der Waals surface area contributed by atoms with Crippen molar-refractivity contribution < 1.29 is 0 Å². The molecular formula is C31H42N2. The Balaban J connectivity index is 1.53. The highest BCUT2D eigenvalue weighted by atomic mass is 15.5. The van der Waals surface area contributed by atoms with Gasteiger partial charge >= 0.3 is 0 Å². The van der Waals surface area contributed by atoms with Crippen molar-refractivity contribution in [1.29, 1.82) is 0 Å². The quantitative estimate of drug-likeness (QED) is 0.475. The van der Waals surface area contributed by atoms with Crippen LogP contribution in [-0.2, 0) is 5.54 Å². The van der Waals surface area contributed by atoms with Gasteiger partial charge in [0, 0.05) is 17.3 Å². The number of hydrogen-bond acceptors (Lipinski definition) is 2. The maximum atomic E-state index is 3.08. The van der Waals surface area contributed by atoms with Crippen molar-refractivity contribution >= 4 is 5.69 Å². The summed E-state index contributed by atoms with van der Waals surface area (Å²) in [4.78, 5) is 5.97. The van der Waals surface area contributed by atoms with Gasteiger partial charge in [0.15, 0.2) is 0 Å². The van der Waals surface area contributed by atoms with E-state index in [0.29, 0.717) is 18.2 Å². The third-order valence-electron chi connectivity index (χ3n) is 9.99. The van der Waals surface area contributed by atoms with Crippen LogP contribution in [0.5, 0.6) is 0 Å². The molecule has 3 unspecified atom stereocenters. The van der Waals surface area contributed by atoms with Gasteiger partial charge in [-0.3, -0.25) is 4.90 Å². The fourth-order valence-electron chi connectivity index (χ4n) is 8.45. The summed E-state index contributed by atoms with van der Waals surface area (Å²) in [6, 6.07) is 19.7. The Morgan fingerprint density at radius 2 is 1.42 bits per heavy atom. The van der Waals surface area contributed by atoms with Crippen LogP contribution in [0.3, 0.4) is 0 Å². The van der Waals surface area contributed by atoms with Gasteiger partial charge in [0.2, 0.25) is 0 Å².